The molecule has 0 spiro atoms. The van der Waals surface area contributed by atoms with Crippen molar-refractivity contribution in [1.82, 2.24) is 15.6 Å². The first kappa shape index (κ1) is 22.9. The van der Waals surface area contributed by atoms with Crippen molar-refractivity contribution in [1.29, 1.82) is 0 Å². The topological polar surface area (TPSA) is 62.5 Å². The van der Waals surface area contributed by atoms with Crippen molar-refractivity contribution in [2.75, 3.05) is 20.1 Å². The quantitative estimate of drug-likeness (QED) is 0.283. The molecule has 0 aliphatic carbocycles. The lowest BCUT2D eigenvalue weighted by atomic mass is 10.1. The molecule has 2 aromatic carbocycles. The van der Waals surface area contributed by atoms with E-state index in [1.807, 2.05) is 37.3 Å². The van der Waals surface area contributed by atoms with Gasteiger partial charge in [0.2, 0.25) is 5.89 Å². The van der Waals surface area contributed by atoms with Crippen LogP contribution < -0.4 is 10.6 Å². The van der Waals surface area contributed by atoms with Gasteiger partial charge in [0.15, 0.2) is 5.96 Å². The van der Waals surface area contributed by atoms with Crippen LogP contribution in [-0.4, -0.2) is 31.1 Å². The van der Waals surface area contributed by atoms with Crippen LogP contribution in [0.25, 0.3) is 11.5 Å². The van der Waals surface area contributed by atoms with Crippen molar-refractivity contribution in [3.8, 4) is 11.5 Å². The molecule has 29 heavy (non-hydrogen) atoms. The minimum absolute atomic E-state index is 0. The summed E-state index contributed by atoms with van der Waals surface area (Å²) >= 11 is 0. The lowest BCUT2D eigenvalue weighted by molar-refractivity contribution is 0.572. The molecule has 0 amide bonds. The Morgan fingerprint density at radius 3 is 2.41 bits per heavy atom. The van der Waals surface area contributed by atoms with E-state index in [0.29, 0.717) is 43.3 Å². The molecule has 7 heteroatoms. The number of aromatic nitrogens is 1. The molecular formula is C22H26FIN4O. The Morgan fingerprint density at radius 1 is 1.03 bits per heavy atom. The number of rotatable bonds is 7. The first-order valence-corrected chi connectivity index (χ1v) is 9.35. The van der Waals surface area contributed by atoms with Crippen molar-refractivity contribution in [2.24, 2.45) is 4.99 Å². The highest BCUT2D eigenvalue weighted by Crippen LogP contribution is 2.19. The second-order valence-electron chi connectivity index (χ2n) is 6.53. The van der Waals surface area contributed by atoms with Gasteiger partial charge in [0, 0.05) is 32.1 Å². The number of halogens is 2. The van der Waals surface area contributed by atoms with Gasteiger partial charge in [-0.05, 0) is 37.1 Å². The first-order chi connectivity index (χ1) is 13.7. The van der Waals surface area contributed by atoms with Crippen LogP contribution in [0.1, 0.15) is 16.8 Å². The predicted octanol–water partition coefficient (Wildman–Crippen LogP) is 4.36. The van der Waals surface area contributed by atoms with Gasteiger partial charge < -0.3 is 15.1 Å². The number of aryl methyl sites for hydroxylation is 1. The zero-order chi connectivity index (χ0) is 19.8. The van der Waals surface area contributed by atoms with E-state index in [-0.39, 0.29) is 29.8 Å². The van der Waals surface area contributed by atoms with E-state index in [2.05, 4.69) is 20.6 Å². The summed E-state index contributed by atoms with van der Waals surface area (Å²) in [7, 11) is 1.71. The molecule has 0 radical (unpaired) electrons. The Labute approximate surface area is 187 Å². The summed E-state index contributed by atoms with van der Waals surface area (Å²) in [5.41, 5.74) is 3.74. The predicted molar refractivity (Wildman–Crippen MR) is 125 cm³/mol. The van der Waals surface area contributed by atoms with Crippen LogP contribution in [-0.2, 0) is 12.8 Å². The van der Waals surface area contributed by atoms with Gasteiger partial charge in [0.1, 0.15) is 12.1 Å². The maximum Gasteiger partial charge on any atom is 0.226 e. The average molecular weight is 508 g/mol. The molecule has 154 valence electrons. The number of nitrogens with one attached hydrogen (secondary N) is 2. The van der Waals surface area contributed by atoms with Gasteiger partial charge in [-0.25, -0.2) is 9.37 Å². The number of hydrogen-bond acceptors (Lipinski definition) is 3. The molecule has 3 aromatic rings. The molecule has 1 heterocycles. The van der Waals surface area contributed by atoms with Crippen LogP contribution in [0.4, 0.5) is 4.39 Å². The summed E-state index contributed by atoms with van der Waals surface area (Å²) in [4.78, 5) is 8.73. The second-order valence-corrected chi connectivity index (χ2v) is 6.53. The van der Waals surface area contributed by atoms with Gasteiger partial charge in [-0.3, -0.25) is 4.99 Å². The van der Waals surface area contributed by atoms with Crippen LogP contribution in [0.5, 0.6) is 0 Å². The van der Waals surface area contributed by atoms with Crippen LogP contribution in [0.3, 0.4) is 0 Å². The number of benzene rings is 2. The van der Waals surface area contributed by atoms with Crippen molar-refractivity contribution >= 4 is 29.9 Å². The third-order valence-electron chi connectivity index (χ3n) is 4.39. The highest BCUT2D eigenvalue weighted by atomic mass is 127. The molecule has 0 aliphatic heterocycles. The van der Waals surface area contributed by atoms with Gasteiger partial charge in [-0.2, -0.15) is 0 Å². The van der Waals surface area contributed by atoms with Crippen LogP contribution in [0.15, 0.2) is 64.2 Å². The molecular weight excluding hydrogens is 482 g/mol. The third kappa shape index (κ3) is 6.85. The summed E-state index contributed by atoms with van der Waals surface area (Å²) in [6.45, 7) is 3.31. The zero-order valence-corrected chi connectivity index (χ0v) is 18.9. The fourth-order valence-corrected chi connectivity index (χ4v) is 2.80. The Morgan fingerprint density at radius 2 is 1.72 bits per heavy atom. The Hall–Kier alpha value is -2.42. The van der Waals surface area contributed by atoms with Gasteiger partial charge in [-0.1, -0.05) is 35.9 Å². The maximum absolute atomic E-state index is 13.6. The van der Waals surface area contributed by atoms with Crippen LogP contribution in [0.2, 0.25) is 0 Å². The first-order valence-electron chi connectivity index (χ1n) is 9.35. The largest absolute Gasteiger partial charge is 0.444 e. The lowest BCUT2D eigenvalue weighted by Gasteiger charge is -2.11. The SMILES string of the molecule is CN=C(NCCc1coc(-c2ccc(C)cc2)n1)NCCc1ccccc1F.I. The summed E-state index contributed by atoms with van der Waals surface area (Å²) in [6.07, 6.45) is 2.99. The molecule has 5 nitrogen and oxygen atoms in total. The molecule has 3 rings (SSSR count). The molecule has 0 atom stereocenters. The van der Waals surface area contributed by atoms with E-state index in [1.165, 1.54) is 11.6 Å². The number of aliphatic imine (C=N–C) groups is 1. The smallest absolute Gasteiger partial charge is 0.226 e. The van der Waals surface area contributed by atoms with Gasteiger partial charge in [0.05, 0.1) is 5.69 Å². The molecule has 0 saturated carbocycles. The maximum atomic E-state index is 13.6. The van der Waals surface area contributed by atoms with E-state index >= 15 is 0 Å². The van der Waals surface area contributed by atoms with E-state index in [0.717, 1.165) is 11.3 Å². The van der Waals surface area contributed by atoms with Crippen molar-refractivity contribution < 1.29 is 8.81 Å². The summed E-state index contributed by atoms with van der Waals surface area (Å²) in [6, 6.07) is 14.9. The highest BCUT2D eigenvalue weighted by molar-refractivity contribution is 14.0. The number of hydrogen-bond donors (Lipinski definition) is 2. The van der Waals surface area contributed by atoms with E-state index in [1.54, 1.807) is 25.4 Å². The average Bonchev–Trinajstić information content (AvgIpc) is 3.17. The Kier molecular flexibility index (Phi) is 9.11. The molecule has 0 aliphatic rings. The summed E-state index contributed by atoms with van der Waals surface area (Å²) in [5.74, 6) is 1.13. The molecule has 0 bridgehead atoms. The minimum atomic E-state index is -0.178. The summed E-state index contributed by atoms with van der Waals surface area (Å²) in [5, 5.41) is 6.43. The molecule has 0 unspecified atom stereocenters. The fraction of sp³-hybridized carbons (Fsp3) is 0.273. The van der Waals surface area contributed by atoms with Gasteiger partial charge in [0.25, 0.3) is 0 Å². The standard InChI is InChI=1S/C22H25FN4O.HI/c1-16-7-9-18(10-8-16)21-27-19(15-28-21)12-14-26-22(24-2)25-13-11-17-5-3-4-6-20(17)23;/h3-10,15H,11-14H2,1-2H3,(H2,24,25,26);1H. The minimum Gasteiger partial charge on any atom is -0.444 e. The molecule has 0 saturated heterocycles. The van der Waals surface area contributed by atoms with Gasteiger partial charge >= 0.3 is 0 Å². The molecule has 1 aromatic heterocycles. The number of nitrogens with zero attached hydrogens (tertiary/aromatic N) is 2. The lowest BCUT2D eigenvalue weighted by Crippen LogP contribution is -2.39. The van der Waals surface area contributed by atoms with Crippen molar-refractivity contribution in [2.45, 2.75) is 19.8 Å². The van der Waals surface area contributed by atoms with Crippen molar-refractivity contribution in [3.63, 3.8) is 0 Å². The van der Waals surface area contributed by atoms with Crippen LogP contribution >= 0.6 is 24.0 Å². The van der Waals surface area contributed by atoms with Crippen LogP contribution in [0, 0.1) is 12.7 Å². The number of oxazole rings is 1. The second kappa shape index (κ2) is 11.5. The fourth-order valence-electron chi connectivity index (χ4n) is 2.80. The van der Waals surface area contributed by atoms with E-state index in [4.69, 9.17) is 4.42 Å². The monoisotopic (exact) mass is 508 g/mol. The third-order valence-corrected chi connectivity index (χ3v) is 4.39. The van der Waals surface area contributed by atoms with Gasteiger partial charge in [-0.15, -0.1) is 24.0 Å². The molecule has 2 N–H and O–H groups in total. The molecule has 0 fully saturated rings. The van der Waals surface area contributed by atoms with Crippen molar-refractivity contribution in [3.05, 3.63) is 77.4 Å². The summed E-state index contributed by atoms with van der Waals surface area (Å²) < 4.78 is 19.2. The number of guanidine groups is 1. The van der Waals surface area contributed by atoms with E-state index in [9.17, 15) is 4.39 Å². The zero-order valence-electron chi connectivity index (χ0n) is 16.6. The normalized spacial score (nSPS) is 11.1. The highest BCUT2D eigenvalue weighted by Gasteiger charge is 2.07. The Balaban J connectivity index is 0.00000300. The Bertz CT molecular complexity index is 925. The van der Waals surface area contributed by atoms with E-state index < -0.39 is 0 Å².